The summed E-state index contributed by atoms with van der Waals surface area (Å²) in [4.78, 5) is 10.2. The van der Waals surface area contributed by atoms with E-state index in [1.165, 1.54) is 5.56 Å². The van der Waals surface area contributed by atoms with E-state index in [1.807, 2.05) is 30.3 Å². The maximum Gasteiger partial charge on any atom is 0.269 e. The van der Waals surface area contributed by atoms with E-state index in [0.717, 1.165) is 18.5 Å². The predicted octanol–water partition coefficient (Wildman–Crippen LogP) is 3.32. The number of hydrogen-bond donors (Lipinski definition) is 1. The molecule has 0 spiro atoms. The third kappa shape index (κ3) is 4.17. The van der Waals surface area contributed by atoms with Gasteiger partial charge in [0.05, 0.1) is 4.92 Å². The largest absolute Gasteiger partial charge is 0.310 e. The van der Waals surface area contributed by atoms with Crippen molar-refractivity contribution in [3.05, 3.63) is 75.8 Å². The minimum Gasteiger partial charge on any atom is -0.310 e. The van der Waals surface area contributed by atoms with Gasteiger partial charge in [-0.25, -0.2) is 0 Å². The lowest BCUT2D eigenvalue weighted by molar-refractivity contribution is -0.384. The molecule has 0 aromatic heterocycles. The number of nitrogens with one attached hydrogen (secondary N) is 1. The van der Waals surface area contributed by atoms with Gasteiger partial charge in [0.1, 0.15) is 0 Å². The molecular formula is C16H18N2O2. The van der Waals surface area contributed by atoms with Crippen LogP contribution >= 0.6 is 0 Å². The molecule has 0 aliphatic heterocycles. The minimum absolute atomic E-state index is 0.138. The second-order valence-electron chi connectivity index (χ2n) is 4.90. The first-order chi connectivity index (χ1) is 9.65. The fourth-order valence-electron chi connectivity index (χ4n) is 2.07. The monoisotopic (exact) mass is 270 g/mol. The van der Waals surface area contributed by atoms with Crippen LogP contribution in [0.3, 0.4) is 0 Å². The van der Waals surface area contributed by atoms with Crippen molar-refractivity contribution in [1.82, 2.24) is 5.32 Å². The van der Waals surface area contributed by atoms with Crippen LogP contribution in [0.2, 0.25) is 0 Å². The number of rotatable bonds is 6. The maximum absolute atomic E-state index is 10.6. The zero-order valence-electron chi connectivity index (χ0n) is 11.5. The highest BCUT2D eigenvalue weighted by Gasteiger charge is 2.07. The lowest BCUT2D eigenvalue weighted by atomic mass is 10.1. The molecule has 4 heteroatoms. The van der Waals surface area contributed by atoms with Crippen molar-refractivity contribution in [3.63, 3.8) is 0 Å². The molecule has 2 aromatic rings. The zero-order chi connectivity index (χ0) is 14.4. The summed E-state index contributed by atoms with van der Waals surface area (Å²) < 4.78 is 0. The van der Waals surface area contributed by atoms with Gasteiger partial charge in [0, 0.05) is 24.7 Å². The molecule has 0 heterocycles. The van der Waals surface area contributed by atoms with Gasteiger partial charge in [0.25, 0.3) is 5.69 Å². The average Bonchev–Trinajstić information content (AvgIpc) is 2.47. The third-order valence-electron chi connectivity index (χ3n) is 3.19. The van der Waals surface area contributed by atoms with Crippen molar-refractivity contribution in [2.24, 2.45) is 0 Å². The van der Waals surface area contributed by atoms with Crippen molar-refractivity contribution in [3.8, 4) is 0 Å². The van der Waals surface area contributed by atoms with E-state index in [9.17, 15) is 10.1 Å². The molecule has 104 valence electrons. The fourth-order valence-corrected chi connectivity index (χ4v) is 2.07. The van der Waals surface area contributed by atoms with Crippen molar-refractivity contribution in [1.29, 1.82) is 0 Å². The minimum atomic E-state index is -0.374. The van der Waals surface area contributed by atoms with Gasteiger partial charge in [0.15, 0.2) is 0 Å². The van der Waals surface area contributed by atoms with Gasteiger partial charge in [-0.2, -0.15) is 0 Å². The quantitative estimate of drug-likeness (QED) is 0.647. The van der Waals surface area contributed by atoms with Gasteiger partial charge in [-0.05, 0) is 24.5 Å². The van der Waals surface area contributed by atoms with Gasteiger partial charge < -0.3 is 5.32 Å². The van der Waals surface area contributed by atoms with E-state index in [4.69, 9.17) is 0 Å². The Morgan fingerprint density at radius 3 is 2.30 bits per heavy atom. The van der Waals surface area contributed by atoms with Crippen LogP contribution in [0.25, 0.3) is 0 Å². The molecular weight excluding hydrogens is 252 g/mol. The lowest BCUT2D eigenvalue weighted by Gasteiger charge is -2.13. The Morgan fingerprint density at radius 2 is 1.70 bits per heavy atom. The Balaban J connectivity index is 1.85. The Kier molecular flexibility index (Phi) is 4.85. The van der Waals surface area contributed by atoms with Crippen LogP contribution in [0.15, 0.2) is 54.6 Å². The Labute approximate surface area is 118 Å². The first kappa shape index (κ1) is 14.2. The first-order valence-corrected chi connectivity index (χ1v) is 6.66. The van der Waals surface area contributed by atoms with Crippen molar-refractivity contribution < 1.29 is 4.92 Å². The molecule has 1 N–H and O–H groups in total. The van der Waals surface area contributed by atoms with E-state index in [-0.39, 0.29) is 10.6 Å². The summed E-state index contributed by atoms with van der Waals surface area (Å²) >= 11 is 0. The average molecular weight is 270 g/mol. The standard InChI is InChI=1S/C16H18N2O2/c1-13(17-12-15-5-3-2-4-6-15)11-14-7-9-16(10-8-14)18(19)20/h2-10,13,17H,11-12H2,1H3/t13-/m1/s1. The second-order valence-corrected chi connectivity index (χ2v) is 4.90. The summed E-state index contributed by atoms with van der Waals surface area (Å²) in [6, 6.07) is 17.3. The van der Waals surface area contributed by atoms with Crippen LogP contribution in [-0.2, 0) is 13.0 Å². The van der Waals surface area contributed by atoms with Crippen molar-refractivity contribution >= 4 is 5.69 Å². The molecule has 1 atom stereocenters. The van der Waals surface area contributed by atoms with Crippen LogP contribution in [-0.4, -0.2) is 11.0 Å². The highest BCUT2D eigenvalue weighted by Crippen LogP contribution is 2.13. The van der Waals surface area contributed by atoms with E-state index in [0.29, 0.717) is 6.04 Å². The Bertz CT molecular complexity index is 552. The van der Waals surface area contributed by atoms with Crippen LogP contribution in [0.4, 0.5) is 5.69 Å². The fraction of sp³-hybridized carbons (Fsp3) is 0.250. The Hall–Kier alpha value is -2.20. The number of hydrogen-bond acceptors (Lipinski definition) is 3. The normalized spacial score (nSPS) is 12.1. The smallest absolute Gasteiger partial charge is 0.269 e. The lowest BCUT2D eigenvalue weighted by Crippen LogP contribution is -2.27. The van der Waals surface area contributed by atoms with Crippen LogP contribution in [0.5, 0.6) is 0 Å². The molecule has 0 aliphatic rings. The number of benzene rings is 2. The molecule has 20 heavy (non-hydrogen) atoms. The predicted molar refractivity (Wildman–Crippen MR) is 79.5 cm³/mol. The number of nitro benzene ring substituents is 1. The molecule has 2 rings (SSSR count). The summed E-state index contributed by atoms with van der Waals surface area (Å²) in [5.74, 6) is 0. The van der Waals surface area contributed by atoms with Crippen LogP contribution in [0, 0.1) is 10.1 Å². The first-order valence-electron chi connectivity index (χ1n) is 6.66. The number of nitrogens with zero attached hydrogens (tertiary/aromatic N) is 1. The maximum atomic E-state index is 10.6. The van der Waals surface area contributed by atoms with E-state index in [1.54, 1.807) is 12.1 Å². The topological polar surface area (TPSA) is 55.2 Å². The molecule has 4 nitrogen and oxygen atoms in total. The SMILES string of the molecule is C[C@H](Cc1ccc([N+](=O)[O-])cc1)NCc1ccccc1. The van der Waals surface area contributed by atoms with E-state index < -0.39 is 0 Å². The van der Waals surface area contributed by atoms with E-state index >= 15 is 0 Å². The van der Waals surface area contributed by atoms with Crippen molar-refractivity contribution in [2.75, 3.05) is 0 Å². The zero-order valence-corrected chi connectivity index (χ0v) is 11.5. The molecule has 0 bridgehead atoms. The van der Waals surface area contributed by atoms with Gasteiger partial charge >= 0.3 is 0 Å². The third-order valence-corrected chi connectivity index (χ3v) is 3.19. The highest BCUT2D eigenvalue weighted by atomic mass is 16.6. The molecule has 0 unspecified atom stereocenters. The summed E-state index contributed by atoms with van der Waals surface area (Å²) in [5, 5.41) is 14.0. The van der Waals surface area contributed by atoms with Gasteiger partial charge in [-0.1, -0.05) is 42.5 Å². The van der Waals surface area contributed by atoms with Gasteiger partial charge in [0.2, 0.25) is 0 Å². The summed E-state index contributed by atoms with van der Waals surface area (Å²) in [6.07, 6.45) is 0.852. The molecule has 2 aromatic carbocycles. The number of nitro groups is 1. The van der Waals surface area contributed by atoms with Crippen molar-refractivity contribution in [2.45, 2.75) is 25.9 Å². The highest BCUT2D eigenvalue weighted by molar-refractivity contribution is 5.33. The molecule has 0 radical (unpaired) electrons. The summed E-state index contributed by atoms with van der Waals surface area (Å²) in [7, 11) is 0. The van der Waals surface area contributed by atoms with Crippen LogP contribution in [0.1, 0.15) is 18.1 Å². The van der Waals surface area contributed by atoms with Crippen LogP contribution < -0.4 is 5.32 Å². The second kappa shape index (κ2) is 6.82. The Morgan fingerprint density at radius 1 is 1.05 bits per heavy atom. The molecule has 0 saturated carbocycles. The molecule has 0 saturated heterocycles. The molecule has 0 amide bonds. The molecule has 0 aliphatic carbocycles. The van der Waals surface area contributed by atoms with Gasteiger partial charge in [-0.15, -0.1) is 0 Å². The molecule has 0 fully saturated rings. The number of non-ortho nitro benzene ring substituents is 1. The summed E-state index contributed by atoms with van der Waals surface area (Å²) in [5.41, 5.74) is 2.49. The summed E-state index contributed by atoms with van der Waals surface area (Å²) in [6.45, 7) is 2.94. The van der Waals surface area contributed by atoms with E-state index in [2.05, 4.69) is 24.4 Å². The van der Waals surface area contributed by atoms with Gasteiger partial charge in [-0.3, -0.25) is 10.1 Å².